The van der Waals surface area contributed by atoms with Gasteiger partial charge < -0.3 is 0 Å². The Labute approximate surface area is 130 Å². The average molecular weight is 293 g/mol. The van der Waals surface area contributed by atoms with Crippen LogP contribution in [-0.2, 0) is 5.41 Å². The van der Waals surface area contributed by atoms with E-state index in [0.717, 1.165) is 10.9 Å². The second-order valence-electron chi connectivity index (χ2n) is 6.69. The summed E-state index contributed by atoms with van der Waals surface area (Å²) in [6.07, 6.45) is 7.57. The van der Waals surface area contributed by atoms with Gasteiger partial charge >= 0.3 is 0 Å². The smallest absolute Gasteiger partial charge is 0.0456 e. The van der Waals surface area contributed by atoms with Crippen LogP contribution < -0.4 is 0 Å². The van der Waals surface area contributed by atoms with E-state index in [-0.39, 0.29) is 5.41 Å². The van der Waals surface area contributed by atoms with Crippen molar-refractivity contribution in [1.82, 2.24) is 0 Å². The van der Waals surface area contributed by atoms with Crippen LogP contribution in [0, 0.1) is 5.92 Å². The SMILES string of the molecule is Clc1cccc2c1C1(CCC3CC=C1C3)c1ccccc1-2. The maximum absolute atomic E-state index is 6.69. The van der Waals surface area contributed by atoms with Crippen molar-refractivity contribution in [2.75, 3.05) is 0 Å². The Morgan fingerprint density at radius 2 is 1.86 bits per heavy atom. The van der Waals surface area contributed by atoms with Gasteiger partial charge in [-0.1, -0.05) is 59.6 Å². The molecule has 21 heavy (non-hydrogen) atoms. The summed E-state index contributed by atoms with van der Waals surface area (Å²) in [6.45, 7) is 0. The number of allylic oxidation sites excluding steroid dienone is 2. The number of rotatable bonds is 0. The Morgan fingerprint density at radius 3 is 2.81 bits per heavy atom. The first kappa shape index (κ1) is 12.1. The maximum atomic E-state index is 6.69. The van der Waals surface area contributed by atoms with Crippen LogP contribution in [0.1, 0.15) is 36.8 Å². The Kier molecular flexibility index (Phi) is 2.31. The lowest BCUT2D eigenvalue weighted by Crippen LogP contribution is -2.31. The van der Waals surface area contributed by atoms with Gasteiger partial charge in [-0.25, -0.2) is 0 Å². The van der Waals surface area contributed by atoms with Crippen LogP contribution in [0.15, 0.2) is 54.1 Å². The predicted octanol–water partition coefficient (Wildman–Crippen LogP) is 5.74. The molecule has 0 saturated heterocycles. The molecule has 0 nitrogen and oxygen atoms in total. The molecule has 2 aromatic rings. The molecule has 1 fully saturated rings. The topological polar surface area (TPSA) is 0 Å². The molecule has 0 amide bonds. The van der Waals surface area contributed by atoms with E-state index >= 15 is 0 Å². The summed E-state index contributed by atoms with van der Waals surface area (Å²) in [5.41, 5.74) is 7.29. The highest BCUT2D eigenvalue weighted by Crippen LogP contribution is 2.62. The lowest BCUT2D eigenvalue weighted by Gasteiger charge is -2.39. The Balaban J connectivity index is 1.91. The minimum Gasteiger partial charge on any atom is -0.0840 e. The summed E-state index contributed by atoms with van der Waals surface area (Å²) in [4.78, 5) is 0. The van der Waals surface area contributed by atoms with E-state index in [4.69, 9.17) is 11.6 Å². The van der Waals surface area contributed by atoms with Gasteiger partial charge in [-0.3, -0.25) is 0 Å². The van der Waals surface area contributed by atoms with Gasteiger partial charge in [0.2, 0.25) is 0 Å². The van der Waals surface area contributed by atoms with Crippen molar-refractivity contribution in [3.63, 3.8) is 0 Å². The third-order valence-corrected chi connectivity index (χ3v) is 6.11. The van der Waals surface area contributed by atoms with E-state index in [1.54, 1.807) is 5.57 Å². The summed E-state index contributed by atoms with van der Waals surface area (Å²) < 4.78 is 0. The van der Waals surface area contributed by atoms with Crippen LogP contribution >= 0.6 is 11.6 Å². The molecule has 0 N–H and O–H groups in total. The highest BCUT2D eigenvalue weighted by molar-refractivity contribution is 6.32. The molecule has 0 aliphatic heterocycles. The van der Waals surface area contributed by atoms with E-state index in [0.29, 0.717) is 0 Å². The molecule has 0 heterocycles. The van der Waals surface area contributed by atoms with Crippen molar-refractivity contribution in [3.05, 3.63) is 70.3 Å². The van der Waals surface area contributed by atoms with Crippen molar-refractivity contribution in [2.24, 2.45) is 5.92 Å². The highest BCUT2D eigenvalue weighted by Gasteiger charge is 2.50. The molecule has 1 saturated carbocycles. The van der Waals surface area contributed by atoms with Crippen molar-refractivity contribution in [3.8, 4) is 11.1 Å². The Morgan fingerprint density at radius 1 is 1.00 bits per heavy atom. The summed E-state index contributed by atoms with van der Waals surface area (Å²) in [5.74, 6) is 0.879. The van der Waals surface area contributed by atoms with Gasteiger partial charge in [-0.05, 0) is 59.9 Å². The summed E-state index contributed by atoms with van der Waals surface area (Å²) >= 11 is 6.69. The zero-order valence-electron chi connectivity index (χ0n) is 11.9. The first-order valence-corrected chi connectivity index (χ1v) is 8.27. The third kappa shape index (κ3) is 1.37. The third-order valence-electron chi connectivity index (χ3n) is 5.80. The van der Waals surface area contributed by atoms with Gasteiger partial charge in [0.1, 0.15) is 0 Å². The molecular formula is C20H17Cl. The predicted molar refractivity (Wildman–Crippen MR) is 87.7 cm³/mol. The molecule has 3 aliphatic carbocycles. The van der Waals surface area contributed by atoms with Crippen LogP contribution in [0.25, 0.3) is 11.1 Å². The molecule has 2 bridgehead atoms. The van der Waals surface area contributed by atoms with Crippen molar-refractivity contribution < 1.29 is 0 Å². The van der Waals surface area contributed by atoms with Gasteiger partial charge in [0.05, 0.1) is 0 Å². The van der Waals surface area contributed by atoms with Crippen LogP contribution in [0.5, 0.6) is 0 Å². The van der Waals surface area contributed by atoms with Crippen molar-refractivity contribution in [1.29, 1.82) is 0 Å². The minimum atomic E-state index is 0.0667. The molecule has 2 unspecified atom stereocenters. The maximum Gasteiger partial charge on any atom is 0.0456 e. The largest absolute Gasteiger partial charge is 0.0840 e. The molecule has 104 valence electrons. The molecule has 1 spiro atoms. The second-order valence-corrected chi connectivity index (χ2v) is 7.09. The lowest BCUT2D eigenvalue weighted by atomic mass is 9.64. The fourth-order valence-corrected chi connectivity index (χ4v) is 5.27. The average Bonchev–Trinajstić information content (AvgIpc) is 3.03. The summed E-state index contributed by atoms with van der Waals surface area (Å²) in [7, 11) is 0. The number of benzene rings is 2. The van der Waals surface area contributed by atoms with Crippen LogP contribution in [0.3, 0.4) is 0 Å². The second kappa shape index (κ2) is 4.01. The van der Waals surface area contributed by atoms with Gasteiger partial charge in [0.25, 0.3) is 0 Å². The zero-order chi connectivity index (χ0) is 14.0. The molecule has 0 radical (unpaired) electrons. The van der Waals surface area contributed by atoms with Crippen LogP contribution in [0.4, 0.5) is 0 Å². The monoisotopic (exact) mass is 292 g/mol. The first-order valence-electron chi connectivity index (χ1n) is 7.89. The van der Waals surface area contributed by atoms with E-state index in [2.05, 4.69) is 48.5 Å². The molecule has 1 heteroatoms. The van der Waals surface area contributed by atoms with E-state index in [1.165, 1.54) is 47.9 Å². The highest BCUT2D eigenvalue weighted by atomic mass is 35.5. The fraction of sp³-hybridized carbons (Fsp3) is 0.300. The van der Waals surface area contributed by atoms with E-state index in [9.17, 15) is 0 Å². The fourth-order valence-electron chi connectivity index (χ4n) is 4.94. The van der Waals surface area contributed by atoms with Crippen LogP contribution in [-0.4, -0.2) is 0 Å². The van der Waals surface area contributed by atoms with E-state index < -0.39 is 0 Å². The quantitative estimate of drug-likeness (QED) is 0.543. The number of fused-ring (bicyclic) bond motifs is 8. The van der Waals surface area contributed by atoms with Gasteiger partial charge in [0, 0.05) is 10.4 Å². The van der Waals surface area contributed by atoms with Crippen molar-refractivity contribution >= 4 is 11.6 Å². The van der Waals surface area contributed by atoms with Crippen LogP contribution in [0.2, 0.25) is 5.02 Å². The van der Waals surface area contributed by atoms with Crippen molar-refractivity contribution in [2.45, 2.75) is 31.1 Å². The number of hydrogen-bond donors (Lipinski definition) is 0. The molecule has 5 rings (SSSR count). The molecule has 2 aromatic carbocycles. The number of hydrogen-bond acceptors (Lipinski definition) is 0. The van der Waals surface area contributed by atoms with E-state index in [1.807, 2.05) is 0 Å². The number of halogens is 1. The Bertz CT molecular complexity index is 786. The van der Waals surface area contributed by atoms with Gasteiger partial charge in [-0.2, -0.15) is 0 Å². The summed E-state index contributed by atoms with van der Waals surface area (Å²) in [5, 5.41) is 0.940. The molecule has 3 aliphatic rings. The molecular weight excluding hydrogens is 276 g/mol. The normalized spacial score (nSPS) is 28.4. The Hall–Kier alpha value is -1.53. The lowest BCUT2D eigenvalue weighted by molar-refractivity contribution is 0.376. The van der Waals surface area contributed by atoms with Gasteiger partial charge in [-0.15, -0.1) is 0 Å². The molecule has 2 atom stereocenters. The molecule has 0 aromatic heterocycles. The minimum absolute atomic E-state index is 0.0667. The first-order chi connectivity index (χ1) is 10.3. The summed E-state index contributed by atoms with van der Waals surface area (Å²) in [6, 6.07) is 15.3. The zero-order valence-corrected chi connectivity index (χ0v) is 12.7. The van der Waals surface area contributed by atoms with Gasteiger partial charge in [0.15, 0.2) is 0 Å². The standard InChI is InChI=1S/C20H17Cl/c21-18-7-3-5-16-15-4-1-2-6-17(15)20(19(16)18)11-10-13-8-9-14(20)12-13/h1-7,9,13H,8,10-12H2.